The molecule has 0 saturated carbocycles. The number of phenols is 3. The Balaban J connectivity index is 0.677. The summed E-state index contributed by atoms with van der Waals surface area (Å²) in [5.41, 5.74) is -0.732. The Labute approximate surface area is 484 Å². The van der Waals surface area contributed by atoms with Gasteiger partial charge in [-0.25, -0.2) is 18.6 Å². The summed E-state index contributed by atoms with van der Waals surface area (Å²) in [6, 6.07) is 21.0. The van der Waals surface area contributed by atoms with Crippen molar-refractivity contribution in [1.29, 1.82) is 0 Å². The summed E-state index contributed by atoms with van der Waals surface area (Å²) in [6.45, 7) is 3.67. The highest BCUT2D eigenvalue weighted by molar-refractivity contribution is 7.89. The highest BCUT2D eigenvalue weighted by atomic mass is 32.2. The number of hydrogen-bond donors (Lipinski definition) is 8. The van der Waals surface area contributed by atoms with Crippen molar-refractivity contribution >= 4 is 55.4 Å². The van der Waals surface area contributed by atoms with Crippen LogP contribution < -0.4 is 14.9 Å². The average molecular weight is 1190 g/mol. The maximum absolute atomic E-state index is 14.0. The lowest BCUT2D eigenvalue weighted by Crippen LogP contribution is -2.49. The Morgan fingerprint density at radius 1 is 0.750 bits per heavy atom. The molecule has 5 aromatic carbocycles. The van der Waals surface area contributed by atoms with Crippen LogP contribution in [0.15, 0.2) is 99.1 Å². The molecule has 0 radical (unpaired) electrons. The van der Waals surface area contributed by atoms with Gasteiger partial charge < -0.3 is 73.3 Å². The topological polar surface area (TPSA) is 351 Å². The van der Waals surface area contributed by atoms with E-state index in [1.807, 2.05) is 18.2 Å². The molecule has 0 aromatic heterocycles. The number of nitrogens with zero attached hydrogens (tertiary/aromatic N) is 3. The quantitative estimate of drug-likeness (QED) is 0.00960. The number of methoxy groups -OCH3 is 1. The monoisotopic (exact) mass is 1190 g/mol. The van der Waals surface area contributed by atoms with Gasteiger partial charge in [0.25, 0.3) is 0 Å². The van der Waals surface area contributed by atoms with Gasteiger partial charge in [0.1, 0.15) is 34.3 Å². The molecule has 1 aliphatic heterocycles. The second-order valence-corrected chi connectivity index (χ2v) is 21.5. The molecule has 452 valence electrons. The molecule has 1 saturated heterocycles. The maximum atomic E-state index is 14.0. The van der Waals surface area contributed by atoms with E-state index in [0.29, 0.717) is 55.9 Å². The highest BCUT2D eigenvalue weighted by Gasteiger charge is 2.49. The van der Waals surface area contributed by atoms with E-state index in [1.165, 1.54) is 43.5 Å². The lowest BCUT2D eigenvalue weighted by molar-refractivity contribution is -0.241. The van der Waals surface area contributed by atoms with E-state index in [9.17, 15) is 53.4 Å². The van der Waals surface area contributed by atoms with Crippen molar-refractivity contribution in [3.63, 3.8) is 0 Å². The second kappa shape index (κ2) is 29.8. The molecule has 8 rings (SSSR count). The smallest absolute Gasteiger partial charge is 0.242 e. The van der Waals surface area contributed by atoms with E-state index in [0.717, 1.165) is 0 Å². The Hall–Kier alpha value is -6.89. The predicted molar refractivity (Wildman–Crippen MR) is 300 cm³/mol. The summed E-state index contributed by atoms with van der Waals surface area (Å²) in [7, 11) is -2.53. The number of carbonyl (C=O) groups is 3. The summed E-state index contributed by atoms with van der Waals surface area (Å²) in [4.78, 5) is 40.9. The predicted octanol–water partition coefficient (Wildman–Crippen LogP) is 4.71. The van der Waals surface area contributed by atoms with Crippen molar-refractivity contribution in [3.05, 3.63) is 112 Å². The summed E-state index contributed by atoms with van der Waals surface area (Å²) in [6.07, 6.45) is -4.36. The van der Waals surface area contributed by atoms with E-state index < -0.39 is 99.8 Å². The average Bonchev–Trinajstić information content (AvgIpc) is 0.825. The van der Waals surface area contributed by atoms with Crippen LogP contribution in [0.25, 0.3) is 10.8 Å². The number of aliphatic hydroxyl groups excluding tert-OH is 2. The van der Waals surface area contributed by atoms with Gasteiger partial charge in [-0.3, -0.25) is 14.4 Å². The number of hydrazone groups is 1. The van der Waals surface area contributed by atoms with Crippen LogP contribution >= 0.6 is 0 Å². The number of sulfonamides is 1. The van der Waals surface area contributed by atoms with Gasteiger partial charge in [0.15, 0.2) is 12.1 Å². The van der Waals surface area contributed by atoms with Crippen LogP contribution in [0.4, 0.5) is 11.4 Å². The fourth-order valence-corrected chi connectivity index (χ4v) is 10.9. The molecule has 5 aromatic rings. The zero-order valence-electron chi connectivity index (χ0n) is 46.4. The summed E-state index contributed by atoms with van der Waals surface area (Å²) < 4.78 is 79.1. The largest absolute Gasteiger partial charge is 0.507 e. The zero-order valence-corrected chi connectivity index (χ0v) is 47.2. The van der Waals surface area contributed by atoms with Crippen molar-refractivity contribution in [3.8, 4) is 23.0 Å². The van der Waals surface area contributed by atoms with E-state index in [4.69, 9.17) is 42.6 Å². The van der Waals surface area contributed by atoms with Crippen molar-refractivity contribution in [2.24, 2.45) is 15.3 Å². The van der Waals surface area contributed by atoms with Crippen molar-refractivity contribution in [1.82, 2.24) is 10.1 Å². The van der Waals surface area contributed by atoms with Crippen LogP contribution in [0.2, 0.25) is 0 Å². The normalized spacial score (nSPS) is 19.8. The molecular formula is C58H69N5O20S. The first-order chi connectivity index (χ1) is 40.5. The Morgan fingerprint density at radius 3 is 2.04 bits per heavy atom. The number of fused-ring (bicyclic) bond motifs is 4. The molecule has 0 bridgehead atoms. The van der Waals surface area contributed by atoms with E-state index in [-0.39, 0.29) is 116 Å². The molecule has 3 aliphatic rings. The van der Waals surface area contributed by atoms with Gasteiger partial charge in [0.05, 0.1) is 151 Å². The molecule has 26 heteroatoms. The number of benzene rings is 5. The SMILES string of the molecule is COc1cccc2c1C(=O)c1c(O)c3c(c(O)c1C2=O)C[C@](O)(/C(CO)=N/NC(=O)CCOCCOCCOCCOCCOCCOCCNS(=O)(=O)c1ccc2c(N=Nc4ccccc4)c(O)ccc2c1)C[C@@H]3O[C@H]1CC[C@H](O)C(C)O1. The molecular weight excluding hydrogens is 1120 g/mol. The standard InChI is InChI=1S/C58H69N5O20S/c1-35-42(65)15-16-48(82-35)83-45-33-58(72,32-41-50(45)57(71)52-51(55(41)69)54(68)40-9-6-10-44(75-2)49(40)56(52)70)46(34-64)61-62-47(67)17-19-76-21-23-78-25-27-80-29-30-81-28-26-79-24-22-77-20-18-59-84(73,74)38-12-13-39-36(31-38)11-14-43(66)53(39)63-60-37-7-4-3-5-8-37/h3-14,31,35,42,45,48,59,64-66,69,71-72H,15-30,32-34H2,1-2H3,(H,62,67)/b61-46+,63-60?/t35?,42-,45-,48-,58+/m0/s1. The number of ketones is 2. The molecule has 2 aliphatic carbocycles. The summed E-state index contributed by atoms with van der Waals surface area (Å²) in [5.74, 6) is -3.55. The first-order valence-corrected chi connectivity index (χ1v) is 28.8. The highest BCUT2D eigenvalue weighted by Crippen LogP contribution is 2.53. The van der Waals surface area contributed by atoms with Crippen molar-refractivity contribution < 1.29 is 96.1 Å². The molecule has 1 heterocycles. The van der Waals surface area contributed by atoms with Gasteiger partial charge in [-0.05, 0) is 55.1 Å². The van der Waals surface area contributed by atoms with Crippen molar-refractivity contribution in [2.45, 2.75) is 74.1 Å². The molecule has 1 unspecified atom stereocenters. The Bertz CT molecular complexity index is 3290. The minimum Gasteiger partial charge on any atom is -0.507 e. The number of rotatable bonds is 31. The van der Waals surface area contributed by atoms with E-state index in [1.54, 1.807) is 31.2 Å². The Morgan fingerprint density at radius 2 is 1.39 bits per heavy atom. The number of hydrogen-bond acceptors (Lipinski definition) is 23. The fraction of sp³-hybridized carbons (Fsp3) is 0.448. The molecule has 1 amide bonds. The molecule has 84 heavy (non-hydrogen) atoms. The molecule has 1 fully saturated rings. The van der Waals surface area contributed by atoms with Gasteiger partial charge >= 0.3 is 0 Å². The maximum Gasteiger partial charge on any atom is 0.242 e. The zero-order chi connectivity index (χ0) is 59.8. The number of carbonyl (C=O) groups excluding carboxylic acids is 3. The summed E-state index contributed by atoms with van der Waals surface area (Å²) >= 11 is 0. The van der Waals surface area contributed by atoms with Gasteiger partial charge in [-0.1, -0.05) is 42.5 Å². The van der Waals surface area contributed by atoms with Crippen LogP contribution in [0.5, 0.6) is 23.0 Å². The third-order valence-electron chi connectivity index (χ3n) is 14.1. The lowest BCUT2D eigenvalue weighted by atomic mass is 9.71. The first kappa shape index (κ1) is 63.1. The third-order valence-corrected chi connectivity index (χ3v) is 15.6. The minimum atomic E-state index is -3.85. The van der Waals surface area contributed by atoms with Crippen molar-refractivity contribution in [2.75, 3.05) is 99.5 Å². The minimum absolute atomic E-state index is 0.0225. The van der Waals surface area contributed by atoms with E-state index >= 15 is 0 Å². The number of ether oxygens (including phenoxy) is 9. The van der Waals surface area contributed by atoms with Crippen LogP contribution in [-0.4, -0.2) is 186 Å². The van der Waals surface area contributed by atoms with Crippen LogP contribution in [0.1, 0.15) is 81.7 Å². The molecule has 25 nitrogen and oxygen atoms in total. The van der Waals surface area contributed by atoms with Gasteiger partial charge in [0, 0.05) is 47.9 Å². The van der Waals surface area contributed by atoms with Crippen LogP contribution in [0, 0.1) is 0 Å². The lowest BCUT2D eigenvalue weighted by Gasteiger charge is -2.42. The number of amides is 1. The summed E-state index contributed by atoms with van der Waals surface area (Å²) in [5, 5.41) is 80.7. The first-order valence-electron chi connectivity index (χ1n) is 27.3. The van der Waals surface area contributed by atoms with Crippen LogP contribution in [-0.2, 0) is 59.1 Å². The second-order valence-electron chi connectivity index (χ2n) is 19.8. The van der Waals surface area contributed by atoms with Gasteiger partial charge in [0.2, 0.25) is 21.7 Å². The van der Waals surface area contributed by atoms with Gasteiger partial charge in [-0.2, -0.15) is 10.2 Å². The Kier molecular flexibility index (Phi) is 22.4. The number of aliphatic hydroxyl groups is 3. The molecule has 5 atom stereocenters. The molecule has 8 N–H and O–H groups in total. The molecule has 0 spiro atoms. The third kappa shape index (κ3) is 15.5. The van der Waals surface area contributed by atoms with Gasteiger partial charge in [-0.15, -0.1) is 5.11 Å². The van der Waals surface area contributed by atoms with E-state index in [2.05, 4.69) is 25.5 Å². The fourth-order valence-electron chi connectivity index (χ4n) is 9.80. The number of azo groups is 1. The number of aromatic hydroxyl groups is 3. The number of nitrogens with one attached hydrogen (secondary N) is 2. The van der Waals surface area contributed by atoms with Crippen LogP contribution in [0.3, 0.4) is 0 Å². The number of phenolic OH excluding ortho intramolecular Hbond substituents is 3.